The summed E-state index contributed by atoms with van der Waals surface area (Å²) in [6.45, 7) is 7.48. The molecule has 0 saturated carbocycles. The maximum Gasteiger partial charge on any atom is 0.322 e. The molecule has 1 spiro atoms. The predicted molar refractivity (Wildman–Crippen MR) is 251 cm³/mol. The van der Waals surface area contributed by atoms with Crippen LogP contribution >= 0.6 is 11.8 Å². The summed E-state index contributed by atoms with van der Waals surface area (Å²) in [6, 6.07) is -6.68. The number of nitrogens with two attached hydrogens (primary N) is 2. The number of hydrogen-bond acceptors (Lipinski definition) is 12. The molecule has 69 heavy (non-hydrogen) atoms. The van der Waals surface area contributed by atoms with Gasteiger partial charge in [-0.05, 0) is 96.3 Å². The first kappa shape index (κ1) is 52.7. The number of aliphatic carboxylic acids is 1. The fourth-order valence-corrected chi connectivity index (χ4v) is 12.4. The van der Waals surface area contributed by atoms with Crippen LogP contribution in [0.5, 0.6) is 0 Å². The minimum atomic E-state index is -1.28. The molecule has 9 N–H and O–H groups in total. The Morgan fingerprint density at radius 2 is 1.30 bits per heavy atom. The van der Waals surface area contributed by atoms with Crippen LogP contribution in [0.2, 0.25) is 0 Å². The van der Waals surface area contributed by atoms with Gasteiger partial charge in [-0.15, -0.1) is 11.8 Å². The van der Waals surface area contributed by atoms with E-state index < -0.39 is 102 Å². The van der Waals surface area contributed by atoms with Crippen LogP contribution in [-0.2, 0) is 47.9 Å². The maximum absolute atomic E-state index is 14.9. The Kier molecular flexibility index (Phi) is 17.4. The number of carbonyl (C=O) groups excluding carboxylic acids is 9. The first-order valence-corrected chi connectivity index (χ1v) is 25.4. The van der Waals surface area contributed by atoms with Crippen molar-refractivity contribution in [3.05, 3.63) is 0 Å². The lowest BCUT2D eigenvalue weighted by Gasteiger charge is -2.47. The summed E-state index contributed by atoms with van der Waals surface area (Å²) < 4.78 is 0. The molecule has 9 amide bonds. The molecule has 0 bridgehead atoms. The second kappa shape index (κ2) is 22.8. The van der Waals surface area contributed by atoms with E-state index in [2.05, 4.69) is 26.3 Å². The van der Waals surface area contributed by atoms with Gasteiger partial charge in [0.2, 0.25) is 53.2 Å². The third-order valence-corrected chi connectivity index (χ3v) is 15.6. The second-order valence-electron chi connectivity index (χ2n) is 19.5. The van der Waals surface area contributed by atoms with Crippen LogP contribution < -0.4 is 32.7 Å². The monoisotopic (exact) mass is 987 g/mol. The number of hydrogen-bond donors (Lipinski definition) is 7. The number of thioether (sulfide) groups is 1. The molecule has 0 radical (unpaired) electrons. The van der Waals surface area contributed by atoms with E-state index in [1.54, 1.807) is 9.80 Å². The number of carbonyl (C=O) groups is 10. The SMILES string of the molecule is CC(=O)N1CCC[C@@H]1C(=O)N[C@@H](CCCN=C(N)N)C(=O)N1CCC[C@@H]1C(=O)N[C@@H](CC(C)C)C(=O)N1CCC[C@]12CC[C@H]1SC[C@@H](C(=O)N[C@@H](C)C(=O)N3CCC[C@H]3C(=O)NCC(=O)O)N1C2=O. The van der Waals surface area contributed by atoms with Gasteiger partial charge < -0.3 is 62.3 Å². The van der Waals surface area contributed by atoms with E-state index in [0.717, 1.165) is 0 Å². The number of likely N-dealkylation sites (tertiary alicyclic amines) is 4. The molecule has 6 saturated heterocycles. The van der Waals surface area contributed by atoms with Crippen LogP contribution in [0.3, 0.4) is 0 Å². The zero-order valence-corrected chi connectivity index (χ0v) is 40.9. The van der Waals surface area contributed by atoms with E-state index >= 15 is 0 Å². The molecule has 6 fully saturated rings. The Labute approximate surface area is 406 Å². The van der Waals surface area contributed by atoms with Gasteiger partial charge in [-0.1, -0.05) is 13.8 Å². The number of aliphatic imine (C=N–C) groups is 1. The van der Waals surface area contributed by atoms with E-state index in [1.807, 2.05) is 13.8 Å². The Hall–Kier alpha value is -5.68. The highest BCUT2D eigenvalue weighted by atomic mass is 32.2. The number of rotatable bonds is 18. The van der Waals surface area contributed by atoms with Gasteiger partial charge in [0.25, 0.3) is 0 Å². The van der Waals surface area contributed by atoms with Gasteiger partial charge in [0, 0.05) is 45.4 Å². The van der Waals surface area contributed by atoms with Crippen LogP contribution in [0.25, 0.3) is 0 Å². The number of piperidine rings is 1. The van der Waals surface area contributed by atoms with Gasteiger partial charge >= 0.3 is 5.97 Å². The molecule has 6 aliphatic rings. The Morgan fingerprint density at radius 3 is 1.91 bits per heavy atom. The highest BCUT2D eigenvalue weighted by molar-refractivity contribution is 8.00. The zero-order chi connectivity index (χ0) is 50.3. The molecule has 24 heteroatoms. The van der Waals surface area contributed by atoms with Crippen molar-refractivity contribution < 1.29 is 53.1 Å². The Bertz CT molecular complexity index is 2050. The Morgan fingerprint density at radius 1 is 0.725 bits per heavy atom. The number of amides is 9. The molecule has 0 aliphatic carbocycles. The minimum Gasteiger partial charge on any atom is -0.480 e. The zero-order valence-electron chi connectivity index (χ0n) is 40.1. The number of carboxylic acids is 1. The highest BCUT2D eigenvalue weighted by Gasteiger charge is 2.59. The van der Waals surface area contributed by atoms with Gasteiger partial charge in [-0.25, -0.2) is 0 Å². The van der Waals surface area contributed by atoms with E-state index in [0.29, 0.717) is 77.2 Å². The smallest absolute Gasteiger partial charge is 0.322 e. The molecule has 0 unspecified atom stereocenters. The van der Waals surface area contributed by atoms with Crippen LogP contribution in [-0.4, -0.2) is 193 Å². The number of nitrogens with one attached hydrogen (secondary N) is 4. The largest absolute Gasteiger partial charge is 0.480 e. The van der Waals surface area contributed by atoms with Crippen LogP contribution in [0.15, 0.2) is 4.99 Å². The van der Waals surface area contributed by atoms with Crippen molar-refractivity contribution in [2.45, 2.75) is 164 Å². The first-order chi connectivity index (χ1) is 32.7. The third-order valence-electron chi connectivity index (χ3n) is 14.2. The van der Waals surface area contributed by atoms with Crippen molar-refractivity contribution in [2.24, 2.45) is 22.4 Å². The van der Waals surface area contributed by atoms with Crippen molar-refractivity contribution >= 4 is 76.9 Å². The van der Waals surface area contributed by atoms with Gasteiger partial charge in [-0.3, -0.25) is 52.9 Å². The van der Waals surface area contributed by atoms with Crippen molar-refractivity contribution in [3.63, 3.8) is 0 Å². The number of carboxylic acid groups (broad SMARTS) is 1. The predicted octanol–water partition coefficient (Wildman–Crippen LogP) is -1.82. The van der Waals surface area contributed by atoms with E-state index in [1.165, 1.54) is 40.3 Å². The summed E-state index contributed by atoms with van der Waals surface area (Å²) in [5.74, 6) is -5.33. The molecule has 382 valence electrons. The summed E-state index contributed by atoms with van der Waals surface area (Å²) in [5, 5.41) is 19.5. The molecule has 0 aromatic rings. The number of guanidine groups is 1. The van der Waals surface area contributed by atoms with Gasteiger partial charge in [0.1, 0.15) is 54.4 Å². The van der Waals surface area contributed by atoms with Crippen molar-refractivity contribution in [1.82, 2.24) is 45.8 Å². The molecule has 0 aromatic carbocycles. The standard InChI is InChI=1S/C45H70N12O11S/c1-25(2)22-29(52-38(63)32-13-8-20-55(32)41(66)28(10-5-17-48-44(46)47)51-37(62)31-12-6-18-53(31)27(4)58)42(67)56-21-9-15-45(56)16-14-34-57(43(45)68)33(24-69-34)39(64)50-26(3)40(65)54-19-7-11-30(54)36(61)49-23-35(59)60/h25-26,28-34H,5-24H2,1-4H3,(H,49,61)(H,50,64)(H,51,62)(H,52,63)(H,59,60)(H4,46,47,48)/t26-,28-,29-,30-,31+,32+,33-,34+,45+/m0/s1. The quantitative estimate of drug-likeness (QED) is 0.0452. The lowest BCUT2D eigenvalue weighted by Crippen LogP contribution is -2.67. The fourth-order valence-electron chi connectivity index (χ4n) is 11.0. The summed E-state index contributed by atoms with van der Waals surface area (Å²) >= 11 is 1.45. The van der Waals surface area contributed by atoms with Crippen molar-refractivity contribution in [3.8, 4) is 0 Å². The minimum absolute atomic E-state index is 0.0664. The molecule has 0 aromatic heterocycles. The maximum atomic E-state index is 14.9. The van der Waals surface area contributed by atoms with Crippen LogP contribution in [0.4, 0.5) is 0 Å². The Balaban J connectivity index is 1.13. The number of fused-ring (bicyclic) bond motifs is 1. The van der Waals surface area contributed by atoms with E-state index in [-0.39, 0.29) is 73.8 Å². The molecule has 6 aliphatic heterocycles. The van der Waals surface area contributed by atoms with Gasteiger partial charge in [-0.2, -0.15) is 0 Å². The molecule has 6 heterocycles. The average Bonchev–Trinajstić information content (AvgIpc) is 4.16. The fraction of sp³-hybridized carbons (Fsp3) is 0.756. The van der Waals surface area contributed by atoms with Crippen LogP contribution in [0, 0.1) is 5.92 Å². The topological polar surface area (TPSA) is 320 Å². The summed E-state index contributed by atoms with van der Waals surface area (Å²) in [6.07, 6.45) is 5.19. The summed E-state index contributed by atoms with van der Waals surface area (Å²) in [4.78, 5) is 147. The normalized spacial score (nSPS) is 26.7. The number of nitrogens with zero attached hydrogens (tertiary/aromatic N) is 6. The van der Waals surface area contributed by atoms with Crippen molar-refractivity contribution in [1.29, 1.82) is 0 Å². The lowest BCUT2D eigenvalue weighted by atomic mass is 9.84. The van der Waals surface area contributed by atoms with E-state index in [4.69, 9.17) is 16.6 Å². The molecule has 9 atom stereocenters. The molecule has 6 rings (SSSR count). The molecule has 23 nitrogen and oxygen atoms in total. The molecular weight excluding hydrogens is 917 g/mol. The highest BCUT2D eigenvalue weighted by Crippen LogP contribution is 2.46. The molecular formula is C45H70N12O11S. The van der Waals surface area contributed by atoms with Crippen molar-refractivity contribution in [2.75, 3.05) is 45.0 Å². The van der Waals surface area contributed by atoms with Crippen LogP contribution in [0.1, 0.15) is 111 Å². The summed E-state index contributed by atoms with van der Waals surface area (Å²) in [7, 11) is 0. The summed E-state index contributed by atoms with van der Waals surface area (Å²) in [5.41, 5.74) is 9.75. The average molecular weight is 987 g/mol. The lowest BCUT2D eigenvalue weighted by molar-refractivity contribution is -0.160. The third kappa shape index (κ3) is 11.9. The second-order valence-corrected chi connectivity index (χ2v) is 20.7. The van der Waals surface area contributed by atoms with Gasteiger partial charge in [0.05, 0.1) is 5.37 Å². The van der Waals surface area contributed by atoms with E-state index in [9.17, 15) is 47.9 Å². The first-order valence-electron chi connectivity index (χ1n) is 24.4. The van der Waals surface area contributed by atoms with Gasteiger partial charge in [0.15, 0.2) is 5.96 Å².